The first-order valence-electron chi connectivity index (χ1n) is 7.21. The van der Waals surface area contributed by atoms with Crippen LogP contribution >= 0.6 is 11.3 Å². The van der Waals surface area contributed by atoms with Crippen LogP contribution in [0.3, 0.4) is 0 Å². The molecule has 2 aromatic rings. The van der Waals surface area contributed by atoms with Crippen molar-refractivity contribution >= 4 is 27.5 Å². The second-order valence-electron chi connectivity index (χ2n) is 5.55. The van der Waals surface area contributed by atoms with Crippen molar-refractivity contribution in [3.8, 4) is 0 Å². The summed E-state index contributed by atoms with van der Waals surface area (Å²) >= 11 is 1.54. The Morgan fingerprint density at radius 1 is 1.52 bits per heavy atom. The zero-order valence-corrected chi connectivity index (χ0v) is 13.2. The SMILES string of the molecule is CCOC(=O)c1nc2sc3c(c2c(=O)n1C)CCC(C)C3. The molecule has 1 atom stereocenters. The molecule has 1 aliphatic rings. The first kappa shape index (κ1) is 14.3. The van der Waals surface area contributed by atoms with Crippen LogP contribution in [0.5, 0.6) is 0 Å². The number of aromatic nitrogens is 2. The third-order valence-corrected chi connectivity index (χ3v) is 5.14. The highest BCUT2D eigenvalue weighted by atomic mass is 32.1. The van der Waals surface area contributed by atoms with Crippen molar-refractivity contribution in [3.63, 3.8) is 0 Å². The highest BCUT2D eigenvalue weighted by molar-refractivity contribution is 7.18. The van der Waals surface area contributed by atoms with Gasteiger partial charge in [0.2, 0.25) is 5.82 Å². The first-order valence-corrected chi connectivity index (χ1v) is 8.03. The van der Waals surface area contributed by atoms with Gasteiger partial charge >= 0.3 is 5.97 Å². The maximum atomic E-state index is 12.6. The molecule has 0 bridgehead atoms. The van der Waals surface area contributed by atoms with E-state index in [4.69, 9.17) is 4.74 Å². The van der Waals surface area contributed by atoms with Gasteiger partial charge in [0, 0.05) is 11.9 Å². The Morgan fingerprint density at radius 2 is 2.29 bits per heavy atom. The minimum Gasteiger partial charge on any atom is -0.460 e. The first-order chi connectivity index (χ1) is 10.0. The number of ether oxygens (including phenoxy) is 1. The summed E-state index contributed by atoms with van der Waals surface area (Å²) in [5, 5.41) is 0.692. The number of esters is 1. The molecule has 0 fully saturated rings. The molecule has 5 nitrogen and oxygen atoms in total. The van der Waals surface area contributed by atoms with Crippen molar-refractivity contribution in [2.75, 3.05) is 6.61 Å². The summed E-state index contributed by atoms with van der Waals surface area (Å²) in [5.74, 6) is 0.179. The number of carbonyl (C=O) groups excluding carboxylic acids is 1. The van der Waals surface area contributed by atoms with Gasteiger partial charge in [-0.15, -0.1) is 11.3 Å². The van der Waals surface area contributed by atoms with E-state index < -0.39 is 5.97 Å². The Balaban J connectivity index is 2.22. The lowest BCUT2D eigenvalue weighted by Gasteiger charge is -2.17. The van der Waals surface area contributed by atoms with Gasteiger partial charge in [-0.05, 0) is 37.7 Å². The summed E-state index contributed by atoms with van der Waals surface area (Å²) in [6, 6.07) is 0. The second-order valence-corrected chi connectivity index (χ2v) is 6.64. The smallest absolute Gasteiger partial charge is 0.374 e. The Kier molecular flexibility index (Phi) is 3.57. The molecule has 0 amide bonds. The van der Waals surface area contributed by atoms with Gasteiger partial charge in [0.1, 0.15) is 4.83 Å². The number of thiophene rings is 1. The molecule has 6 heteroatoms. The van der Waals surface area contributed by atoms with E-state index in [-0.39, 0.29) is 18.0 Å². The van der Waals surface area contributed by atoms with Crippen LogP contribution in [0, 0.1) is 5.92 Å². The zero-order chi connectivity index (χ0) is 15.1. The van der Waals surface area contributed by atoms with E-state index in [1.807, 2.05) is 0 Å². The fourth-order valence-corrected chi connectivity index (χ4v) is 4.22. The summed E-state index contributed by atoms with van der Waals surface area (Å²) in [4.78, 5) is 30.8. The molecule has 0 aliphatic heterocycles. The van der Waals surface area contributed by atoms with E-state index in [0.29, 0.717) is 16.1 Å². The minimum absolute atomic E-state index is 0.0843. The van der Waals surface area contributed by atoms with Crippen LogP contribution in [0.1, 0.15) is 41.3 Å². The molecule has 2 aromatic heterocycles. The predicted octanol–water partition coefficient (Wildman–Crippen LogP) is 2.30. The van der Waals surface area contributed by atoms with Crippen LogP contribution in [0.15, 0.2) is 4.79 Å². The van der Waals surface area contributed by atoms with E-state index in [9.17, 15) is 9.59 Å². The molecule has 2 heterocycles. The van der Waals surface area contributed by atoms with Crippen LogP contribution in [0.4, 0.5) is 0 Å². The van der Waals surface area contributed by atoms with E-state index >= 15 is 0 Å². The third-order valence-electron chi connectivity index (χ3n) is 3.99. The molecule has 0 aromatic carbocycles. The number of aryl methyl sites for hydroxylation is 1. The van der Waals surface area contributed by atoms with Crippen LogP contribution < -0.4 is 5.56 Å². The van der Waals surface area contributed by atoms with Gasteiger partial charge in [-0.1, -0.05) is 6.92 Å². The van der Waals surface area contributed by atoms with Crippen molar-refractivity contribution in [2.24, 2.45) is 13.0 Å². The third kappa shape index (κ3) is 2.27. The summed E-state index contributed by atoms with van der Waals surface area (Å²) < 4.78 is 6.29. The highest BCUT2D eigenvalue weighted by Gasteiger charge is 2.25. The molecule has 1 aliphatic carbocycles. The molecule has 0 saturated heterocycles. The average Bonchev–Trinajstić information content (AvgIpc) is 2.80. The largest absolute Gasteiger partial charge is 0.460 e. The molecule has 0 N–H and O–H groups in total. The van der Waals surface area contributed by atoms with Crippen molar-refractivity contribution in [2.45, 2.75) is 33.1 Å². The number of rotatable bonds is 2. The van der Waals surface area contributed by atoms with Crippen molar-refractivity contribution in [1.29, 1.82) is 0 Å². The van der Waals surface area contributed by atoms with E-state index in [1.54, 1.807) is 25.3 Å². The second kappa shape index (κ2) is 5.26. The Bertz CT molecular complexity index is 775. The molecule has 0 spiro atoms. The summed E-state index contributed by atoms with van der Waals surface area (Å²) in [5.41, 5.74) is 0.992. The Labute approximate surface area is 126 Å². The minimum atomic E-state index is -0.543. The van der Waals surface area contributed by atoms with Crippen LogP contribution in [0.2, 0.25) is 0 Å². The fraction of sp³-hybridized carbons (Fsp3) is 0.533. The molecular formula is C15H18N2O3S. The van der Waals surface area contributed by atoms with Crippen LogP contribution in [-0.2, 0) is 24.6 Å². The molecular weight excluding hydrogens is 288 g/mol. The lowest BCUT2D eigenvalue weighted by atomic mass is 9.89. The van der Waals surface area contributed by atoms with Crippen LogP contribution in [0.25, 0.3) is 10.2 Å². The van der Waals surface area contributed by atoms with Crippen molar-refractivity contribution < 1.29 is 9.53 Å². The zero-order valence-electron chi connectivity index (χ0n) is 12.4. The lowest BCUT2D eigenvalue weighted by molar-refractivity contribution is 0.0506. The van der Waals surface area contributed by atoms with E-state index in [2.05, 4.69) is 11.9 Å². The normalized spacial score (nSPS) is 17.8. The van der Waals surface area contributed by atoms with Gasteiger partial charge in [0.25, 0.3) is 5.56 Å². The molecule has 112 valence electrons. The van der Waals surface area contributed by atoms with Gasteiger partial charge in [-0.2, -0.15) is 0 Å². The van der Waals surface area contributed by atoms with Crippen molar-refractivity contribution in [3.05, 3.63) is 26.6 Å². The summed E-state index contributed by atoms with van der Waals surface area (Å²) in [6.45, 7) is 4.23. The number of carbonyl (C=O) groups is 1. The van der Waals surface area contributed by atoms with Gasteiger partial charge in [-0.3, -0.25) is 9.36 Å². The molecule has 1 unspecified atom stereocenters. The fourth-order valence-electron chi connectivity index (χ4n) is 2.85. The number of hydrogen-bond donors (Lipinski definition) is 0. The van der Waals surface area contributed by atoms with Gasteiger partial charge in [0.15, 0.2) is 0 Å². The maximum Gasteiger partial charge on any atom is 0.374 e. The average molecular weight is 306 g/mol. The van der Waals surface area contributed by atoms with Crippen molar-refractivity contribution in [1.82, 2.24) is 9.55 Å². The van der Waals surface area contributed by atoms with E-state index in [1.165, 1.54) is 9.44 Å². The van der Waals surface area contributed by atoms with E-state index in [0.717, 1.165) is 24.8 Å². The lowest BCUT2D eigenvalue weighted by Crippen LogP contribution is -2.26. The highest BCUT2D eigenvalue weighted by Crippen LogP contribution is 2.35. The van der Waals surface area contributed by atoms with Gasteiger partial charge in [-0.25, -0.2) is 9.78 Å². The Morgan fingerprint density at radius 3 is 3.00 bits per heavy atom. The van der Waals surface area contributed by atoms with Gasteiger partial charge < -0.3 is 4.74 Å². The molecule has 0 radical (unpaired) electrons. The van der Waals surface area contributed by atoms with Gasteiger partial charge in [0.05, 0.1) is 12.0 Å². The monoisotopic (exact) mass is 306 g/mol. The molecule has 21 heavy (non-hydrogen) atoms. The Hall–Kier alpha value is -1.69. The predicted molar refractivity (Wildman–Crippen MR) is 82.0 cm³/mol. The number of hydrogen-bond acceptors (Lipinski definition) is 5. The molecule has 3 rings (SSSR count). The standard InChI is InChI=1S/C15H18N2O3S/c1-4-20-15(19)12-16-13-11(14(18)17(12)3)9-6-5-8(2)7-10(9)21-13/h8H,4-7H2,1-3H3. The summed E-state index contributed by atoms with van der Waals surface area (Å²) in [7, 11) is 1.58. The molecule has 0 saturated carbocycles. The quantitative estimate of drug-likeness (QED) is 0.799. The van der Waals surface area contributed by atoms with Crippen LogP contribution in [-0.4, -0.2) is 22.1 Å². The topological polar surface area (TPSA) is 61.2 Å². The maximum absolute atomic E-state index is 12.6. The number of nitrogens with zero attached hydrogens (tertiary/aromatic N) is 2. The summed E-state index contributed by atoms with van der Waals surface area (Å²) in [6.07, 6.45) is 3.02. The number of fused-ring (bicyclic) bond motifs is 3.